The Balaban J connectivity index is 2.00. The summed E-state index contributed by atoms with van der Waals surface area (Å²) in [6, 6.07) is 1.67. The van der Waals surface area contributed by atoms with Gasteiger partial charge in [-0.25, -0.2) is 9.67 Å². The summed E-state index contributed by atoms with van der Waals surface area (Å²) < 4.78 is 6.47. The predicted octanol–water partition coefficient (Wildman–Crippen LogP) is 1.94. The molecule has 6 nitrogen and oxygen atoms in total. The number of hydrogen-bond donors (Lipinski definition) is 0. The second-order valence-electron chi connectivity index (χ2n) is 4.90. The van der Waals surface area contributed by atoms with E-state index in [0.29, 0.717) is 24.9 Å². The van der Waals surface area contributed by atoms with E-state index in [1.54, 1.807) is 23.6 Å². The SMILES string of the molecule is CCCC(=O)OCCc1ccnn(Cc2csc(C)n2)c1=O. The van der Waals surface area contributed by atoms with Crippen molar-refractivity contribution in [3.8, 4) is 0 Å². The highest BCUT2D eigenvalue weighted by Gasteiger charge is 2.08. The number of esters is 1. The molecule has 2 heterocycles. The van der Waals surface area contributed by atoms with Crippen LogP contribution in [-0.2, 0) is 22.5 Å². The van der Waals surface area contributed by atoms with Gasteiger partial charge in [-0.2, -0.15) is 5.10 Å². The summed E-state index contributed by atoms with van der Waals surface area (Å²) in [5.41, 5.74) is 1.24. The molecule has 0 atom stereocenters. The van der Waals surface area contributed by atoms with Gasteiger partial charge in [-0.1, -0.05) is 6.92 Å². The molecule has 0 radical (unpaired) electrons. The van der Waals surface area contributed by atoms with Gasteiger partial charge in [0.05, 0.1) is 23.9 Å². The molecule has 2 rings (SSSR count). The lowest BCUT2D eigenvalue weighted by atomic mass is 10.2. The summed E-state index contributed by atoms with van der Waals surface area (Å²) in [7, 11) is 0. The number of carbonyl (C=O) groups is 1. The summed E-state index contributed by atoms with van der Waals surface area (Å²) in [6.45, 7) is 4.41. The van der Waals surface area contributed by atoms with Crippen molar-refractivity contribution in [3.05, 3.63) is 44.3 Å². The molecule has 0 saturated heterocycles. The fourth-order valence-electron chi connectivity index (χ4n) is 1.98. The molecule has 2 aromatic rings. The van der Waals surface area contributed by atoms with Crippen molar-refractivity contribution < 1.29 is 9.53 Å². The number of rotatable bonds is 7. The Hall–Kier alpha value is -2.02. The fourth-order valence-corrected chi connectivity index (χ4v) is 2.59. The van der Waals surface area contributed by atoms with E-state index in [1.165, 1.54) is 4.68 Å². The molecule has 0 aliphatic rings. The van der Waals surface area contributed by atoms with E-state index in [9.17, 15) is 9.59 Å². The molecule has 118 valence electrons. The van der Waals surface area contributed by atoms with Gasteiger partial charge >= 0.3 is 5.97 Å². The maximum Gasteiger partial charge on any atom is 0.305 e. The minimum absolute atomic E-state index is 0.167. The average molecular weight is 321 g/mol. The van der Waals surface area contributed by atoms with Crippen molar-refractivity contribution in [2.75, 3.05) is 6.61 Å². The Bertz CT molecular complexity index is 693. The van der Waals surface area contributed by atoms with Crippen LogP contribution < -0.4 is 5.56 Å². The number of aromatic nitrogens is 3. The van der Waals surface area contributed by atoms with Crippen LogP contribution in [0.3, 0.4) is 0 Å². The summed E-state index contributed by atoms with van der Waals surface area (Å²) in [5.74, 6) is -0.227. The molecule has 0 saturated carbocycles. The minimum atomic E-state index is -0.227. The van der Waals surface area contributed by atoms with Crippen LogP contribution in [0.2, 0.25) is 0 Å². The molecule has 0 aliphatic carbocycles. The van der Waals surface area contributed by atoms with Crippen LogP contribution >= 0.6 is 11.3 Å². The van der Waals surface area contributed by atoms with Crippen LogP contribution in [0.4, 0.5) is 0 Å². The van der Waals surface area contributed by atoms with Gasteiger partial charge in [-0.15, -0.1) is 11.3 Å². The normalized spacial score (nSPS) is 10.6. The lowest BCUT2D eigenvalue weighted by Gasteiger charge is -2.06. The Labute approximate surface area is 132 Å². The molecular formula is C15H19N3O3S. The molecule has 2 aromatic heterocycles. The topological polar surface area (TPSA) is 74.1 Å². The van der Waals surface area contributed by atoms with E-state index < -0.39 is 0 Å². The van der Waals surface area contributed by atoms with Crippen LogP contribution in [0.25, 0.3) is 0 Å². The monoisotopic (exact) mass is 321 g/mol. The van der Waals surface area contributed by atoms with Gasteiger partial charge < -0.3 is 4.74 Å². The van der Waals surface area contributed by atoms with Gasteiger partial charge in [-0.3, -0.25) is 9.59 Å². The van der Waals surface area contributed by atoms with E-state index in [0.717, 1.165) is 17.1 Å². The molecule has 7 heteroatoms. The zero-order valence-electron chi connectivity index (χ0n) is 12.7. The first-order valence-corrected chi connectivity index (χ1v) is 8.09. The largest absolute Gasteiger partial charge is 0.465 e. The smallest absolute Gasteiger partial charge is 0.305 e. The summed E-state index contributed by atoms with van der Waals surface area (Å²) in [6.07, 6.45) is 3.15. The van der Waals surface area contributed by atoms with E-state index in [1.807, 2.05) is 19.2 Å². The van der Waals surface area contributed by atoms with Crippen molar-refractivity contribution in [2.45, 2.75) is 39.7 Å². The third kappa shape index (κ3) is 4.49. The van der Waals surface area contributed by atoms with Gasteiger partial charge in [0.2, 0.25) is 0 Å². The van der Waals surface area contributed by atoms with E-state index in [4.69, 9.17) is 4.74 Å². The second-order valence-corrected chi connectivity index (χ2v) is 5.96. The number of aryl methyl sites for hydroxylation is 1. The molecule has 0 aromatic carbocycles. The second kappa shape index (κ2) is 7.84. The Morgan fingerprint density at radius 3 is 2.95 bits per heavy atom. The number of thiazole rings is 1. The van der Waals surface area contributed by atoms with E-state index in [2.05, 4.69) is 10.1 Å². The highest BCUT2D eigenvalue weighted by atomic mass is 32.1. The maximum atomic E-state index is 12.3. The van der Waals surface area contributed by atoms with Gasteiger partial charge in [-0.05, 0) is 19.4 Å². The molecular weight excluding hydrogens is 302 g/mol. The van der Waals surface area contributed by atoms with Crippen LogP contribution in [0.15, 0.2) is 22.4 Å². The Morgan fingerprint density at radius 2 is 2.27 bits per heavy atom. The first-order valence-electron chi connectivity index (χ1n) is 7.21. The molecule has 0 aliphatic heterocycles. The molecule has 0 unspecified atom stereocenters. The lowest BCUT2D eigenvalue weighted by molar-refractivity contribution is -0.143. The summed E-state index contributed by atoms with van der Waals surface area (Å²) >= 11 is 1.54. The van der Waals surface area contributed by atoms with Crippen molar-refractivity contribution in [1.29, 1.82) is 0 Å². The van der Waals surface area contributed by atoms with E-state index in [-0.39, 0.29) is 18.1 Å². The molecule has 0 spiro atoms. The summed E-state index contributed by atoms with van der Waals surface area (Å²) in [5, 5.41) is 6.96. The molecule has 0 bridgehead atoms. The van der Waals surface area contributed by atoms with Gasteiger partial charge in [0.1, 0.15) is 0 Å². The Morgan fingerprint density at radius 1 is 1.45 bits per heavy atom. The standard InChI is InChI=1S/C15H19N3O3S/c1-3-4-14(19)21-8-6-12-5-7-16-18(15(12)20)9-13-10-22-11(2)17-13/h5,7,10H,3-4,6,8-9H2,1-2H3. The molecule has 0 N–H and O–H groups in total. The Kier molecular flexibility index (Phi) is 5.83. The summed E-state index contributed by atoms with van der Waals surface area (Å²) in [4.78, 5) is 28.0. The number of nitrogens with zero attached hydrogens (tertiary/aromatic N) is 3. The zero-order valence-corrected chi connectivity index (χ0v) is 13.6. The first-order chi connectivity index (χ1) is 10.6. The molecule has 0 fully saturated rings. The number of hydrogen-bond acceptors (Lipinski definition) is 6. The molecule has 22 heavy (non-hydrogen) atoms. The zero-order chi connectivity index (χ0) is 15.9. The number of carbonyl (C=O) groups excluding carboxylic acids is 1. The van der Waals surface area contributed by atoms with Crippen LogP contribution in [0, 0.1) is 6.92 Å². The predicted molar refractivity (Wildman–Crippen MR) is 84.0 cm³/mol. The van der Waals surface area contributed by atoms with Crippen molar-refractivity contribution in [3.63, 3.8) is 0 Å². The number of ether oxygens (including phenoxy) is 1. The third-order valence-electron chi connectivity index (χ3n) is 3.06. The first kappa shape index (κ1) is 16.4. The van der Waals surface area contributed by atoms with Crippen molar-refractivity contribution >= 4 is 17.3 Å². The minimum Gasteiger partial charge on any atom is -0.465 e. The highest BCUT2D eigenvalue weighted by molar-refractivity contribution is 7.09. The van der Waals surface area contributed by atoms with Gasteiger partial charge in [0.15, 0.2) is 0 Å². The fraction of sp³-hybridized carbons (Fsp3) is 0.467. The van der Waals surface area contributed by atoms with E-state index >= 15 is 0 Å². The lowest BCUT2D eigenvalue weighted by Crippen LogP contribution is -2.27. The van der Waals surface area contributed by atoms with Crippen LogP contribution in [-0.4, -0.2) is 27.3 Å². The van der Waals surface area contributed by atoms with Crippen LogP contribution in [0.5, 0.6) is 0 Å². The van der Waals surface area contributed by atoms with Crippen molar-refractivity contribution in [1.82, 2.24) is 14.8 Å². The highest BCUT2D eigenvalue weighted by Crippen LogP contribution is 2.08. The van der Waals surface area contributed by atoms with Crippen molar-refractivity contribution in [2.24, 2.45) is 0 Å². The quantitative estimate of drug-likeness (QED) is 0.729. The van der Waals surface area contributed by atoms with Crippen LogP contribution in [0.1, 0.15) is 36.0 Å². The van der Waals surface area contributed by atoms with Gasteiger partial charge in [0.25, 0.3) is 5.56 Å². The van der Waals surface area contributed by atoms with Gasteiger partial charge in [0, 0.05) is 30.0 Å². The molecule has 0 amide bonds. The maximum absolute atomic E-state index is 12.3. The third-order valence-corrected chi connectivity index (χ3v) is 3.88. The average Bonchev–Trinajstić information content (AvgIpc) is 2.88.